The van der Waals surface area contributed by atoms with Crippen LogP contribution in [0.3, 0.4) is 0 Å². The zero-order chi connectivity index (χ0) is 19.9. The van der Waals surface area contributed by atoms with Gasteiger partial charge in [0.2, 0.25) is 0 Å². The molecule has 3 aromatic rings. The average Bonchev–Trinajstić information content (AvgIpc) is 2.74. The highest BCUT2D eigenvalue weighted by Gasteiger charge is 2.11. The van der Waals surface area contributed by atoms with E-state index in [1.807, 2.05) is 12.1 Å². The number of ether oxygens (including phenoxy) is 3. The molecule has 1 aromatic heterocycles. The van der Waals surface area contributed by atoms with Crippen molar-refractivity contribution in [2.75, 3.05) is 32.0 Å². The number of nitrogens with zero attached hydrogens (tertiary/aromatic N) is 1. The number of methoxy groups -OCH3 is 3. The number of benzene rings is 2. The number of hydrogen-bond acceptors (Lipinski definition) is 6. The summed E-state index contributed by atoms with van der Waals surface area (Å²) in [4.78, 5) is 16.7. The lowest BCUT2D eigenvalue weighted by molar-refractivity contribution is 0.102. The third-order valence-electron chi connectivity index (χ3n) is 4.01. The van der Waals surface area contributed by atoms with E-state index < -0.39 is 0 Å². The highest BCUT2D eigenvalue weighted by atomic mass is 16.5. The van der Waals surface area contributed by atoms with Crippen molar-refractivity contribution in [3.8, 4) is 17.2 Å². The zero-order valence-corrected chi connectivity index (χ0v) is 15.9. The molecule has 0 unspecified atom stereocenters. The largest absolute Gasteiger partial charge is 0.497 e. The van der Waals surface area contributed by atoms with E-state index in [1.165, 1.54) is 0 Å². The fraction of sp³-hybridized carbons (Fsp3) is 0.143. The number of carbonyl (C=O) groups is 1. The summed E-state index contributed by atoms with van der Waals surface area (Å²) in [5.74, 6) is 1.65. The van der Waals surface area contributed by atoms with Crippen molar-refractivity contribution < 1.29 is 19.0 Å². The summed E-state index contributed by atoms with van der Waals surface area (Å²) in [5.41, 5.74) is 2.35. The molecule has 7 nitrogen and oxygen atoms in total. The van der Waals surface area contributed by atoms with Crippen molar-refractivity contribution in [1.29, 1.82) is 0 Å². The number of pyridine rings is 1. The molecule has 0 atom stereocenters. The van der Waals surface area contributed by atoms with Gasteiger partial charge in [0.1, 0.15) is 22.9 Å². The normalized spacial score (nSPS) is 10.1. The second-order valence-electron chi connectivity index (χ2n) is 5.81. The molecule has 0 saturated heterocycles. The van der Waals surface area contributed by atoms with Gasteiger partial charge in [-0.3, -0.25) is 9.78 Å². The first-order valence-corrected chi connectivity index (χ1v) is 8.53. The van der Waals surface area contributed by atoms with Crippen LogP contribution >= 0.6 is 0 Å². The Bertz CT molecular complexity index is 975. The fourth-order valence-electron chi connectivity index (χ4n) is 2.59. The van der Waals surface area contributed by atoms with Crippen LogP contribution in [-0.4, -0.2) is 32.2 Å². The van der Waals surface area contributed by atoms with Crippen LogP contribution in [0.2, 0.25) is 0 Å². The van der Waals surface area contributed by atoms with E-state index in [1.54, 1.807) is 70.0 Å². The maximum atomic E-state index is 12.5. The predicted molar refractivity (Wildman–Crippen MR) is 108 cm³/mol. The molecular weight excluding hydrogens is 358 g/mol. The van der Waals surface area contributed by atoms with Gasteiger partial charge in [0.05, 0.1) is 27.0 Å². The summed E-state index contributed by atoms with van der Waals surface area (Å²) in [7, 11) is 4.75. The Balaban J connectivity index is 1.77. The third kappa shape index (κ3) is 4.50. The third-order valence-corrected chi connectivity index (χ3v) is 4.01. The van der Waals surface area contributed by atoms with Gasteiger partial charge in [-0.2, -0.15) is 0 Å². The minimum Gasteiger partial charge on any atom is -0.497 e. The van der Waals surface area contributed by atoms with E-state index in [-0.39, 0.29) is 11.6 Å². The number of hydrogen-bond donors (Lipinski definition) is 2. The smallest absolute Gasteiger partial charge is 0.274 e. The monoisotopic (exact) mass is 379 g/mol. The Hall–Kier alpha value is -3.74. The van der Waals surface area contributed by atoms with Crippen LogP contribution in [0.1, 0.15) is 10.5 Å². The number of nitrogens with one attached hydrogen (secondary N) is 2. The van der Waals surface area contributed by atoms with E-state index in [4.69, 9.17) is 14.2 Å². The molecule has 0 spiro atoms. The van der Waals surface area contributed by atoms with Crippen molar-refractivity contribution in [1.82, 2.24) is 4.98 Å². The maximum absolute atomic E-state index is 12.5. The second kappa shape index (κ2) is 8.77. The lowest BCUT2D eigenvalue weighted by atomic mass is 10.2. The van der Waals surface area contributed by atoms with Crippen molar-refractivity contribution in [2.45, 2.75) is 0 Å². The number of carbonyl (C=O) groups excluding carboxylic acids is 1. The predicted octanol–water partition coefficient (Wildman–Crippen LogP) is 4.10. The quantitative estimate of drug-likeness (QED) is 0.643. The van der Waals surface area contributed by atoms with Crippen LogP contribution in [-0.2, 0) is 0 Å². The average molecular weight is 379 g/mol. The Morgan fingerprint density at radius 2 is 1.64 bits per heavy atom. The molecule has 1 heterocycles. The van der Waals surface area contributed by atoms with Gasteiger partial charge in [-0.1, -0.05) is 6.07 Å². The number of anilines is 3. The Morgan fingerprint density at radius 3 is 2.39 bits per heavy atom. The highest BCUT2D eigenvalue weighted by molar-refractivity contribution is 6.03. The van der Waals surface area contributed by atoms with E-state index in [0.717, 1.165) is 5.69 Å². The van der Waals surface area contributed by atoms with Gasteiger partial charge in [-0.15, -0.1) is 0 Å². The molecule has 1 amide bonds. The molecule has 0 radical (unpaired) electrons. The SMILES string of the molecule is COc1cccc(NC(=O)c2cc(Nc3ccc(OC)cc3OC)ccn2)c1. The molecule has 28 heavy (non-hydrogen) atoms. The van der Waals surface area contributed by atoms with Gasteiger partial charge in [0.15, 0.2) is 0 Å². The van der Waals surface area contributed by atoms with Gasteiger partial charge in [-0.25, -0.2) is 0 Å². The van der Waals surface area contributed by atoms with E-state index in [2.05, 4.69) is 15.6 Å². The Morgan fingerprint density at radius 1 is 0.857 bits per heavy atom. The molecule has 0 aliphatic heterocycles. The van der Waals surface area contributed by atoms with Gasteiger partial charge in [0, 0.05) is 29.7 Å². The molecule has 7 heteroatoms. The molecule has 144 valence electrons. The first-order chi connectivity index (χ1) is 13.6. The zero-order valence-electron chi connectivity index (χ0n) is 15.9. The number of rotatable bonds is 7. The fourth-order valence-corrected chi connectivity index (χ4v) is 2.59. The minimum absolute atomic E-state index is 0.278. The second-order valence-corrected chi connectivity index (χ2v) is 5.81. The van der Waals surface area contributed by atoms with Crippen LogP contribution in [0, 0.1) is 0 Å². The molecule has 2 N–H and O–H groups in total. The van der Waals surface area contributed by atoms with Crippen LogP contribution in [0.4, 0.5) is 17.1 Å². The molecule has 0 aliphatic carbocycles. The van der Waals surface area contributed by atoms with Crippen LogP contribution in [0.15, 0.2) is 60.8 Å². The molecule has 3 rings (SSSR count). The molecule has 0 aliphatic rings. The summed E-state index contributed by atoms with van der Waals surface area (Å²) in [6.07, 6.45) is 1.57. The molecule has 0 bridgehead atoms. The highest BCUT2D eigenvalue weighted by Crippen LogP contribution is 2.31. The van der Waals surface area contributed by atoms with Crippen molar-refractivity contribution in [3.63, 3.8) is 0 Å². The van der Waals surface area contributed by atoms with Crippen molar-refractivity contribution in [2.24, 2.45) is 0 Å². The lowest BCUT2D eigenvalue weighted by Gasteiger charge is -2.13. The van der Waals surface area contributed by atoms with Gasteiger partial charge in [0.25, 0.3) is 5.91 Å². The number of amides is 1. The standard InChI is InChI=1S/C21H21N3O4/c1-26-16-6-4-5-14(11-16)24-21(25)19-12-15(9-10-22-19)23-18-8-7-17(27-2)13-20(18)28-3/h4-13H,1-3H3,(H,22,23)(H,24,25). The maximum Gasteiger partial charge on any atom is 0.274 e. The summed E-state index contributed by atoms with van der Waals surface area (Å²) in [6, 6.07) is 16.0. The Labute approximate surface area is 163 Å². The molecule has 0 saturated carbocycles. The molecule has 2 aromatic carbocycles. The summed E-state index contributed by atoms with van der Waals surface area (Å²) in [5, 5.41) is 6.04. The van der Waals surface area contributed by atoms with Crippen LogP contribution < -0.4 is 24.8 Å². The first-order valence-electron chi connectivity index (χ1n) is 8.53. The molecular formula is C21H21N3O4. The van der Waals surface area contributed by atoms with Crippen molar-refractivity contribution >= 4 is 23.0 Å². The van der Waals surface area contributed by atoms with E-state index in [9.17, 15) is 4.79 Å². The first kappa shape index (κ1) is 19.0. The van der Waals surface area contributed by atoms with E-state index in [0.29, 0.717) is 28.6 Å². The van der Waals surface area contributed by atoms with Crippen molar-refractivity contribution in [3.05, 3.63) is 66.5 Å². The molecule has 0 fully saturated rings. The Kier molecular flexibility index (Phi) is 5.96. The lowest BCUT2D eigenvalue weighted by Crippen LogP contribution is -2.13. The summed E-state index contributed by atoms with van der Waals surface area (Å²) in [6.45, 7) is 0. The van der Waals surface area contributed by atoms with Gasteiger partial charge in [-0.05, 0) is 36.4 Å². The van der Waals surface area contributed by atoms with Crippen LogP contribution in [0.5, 0.6) is 17.2 Å². The minimum atomic E-state index is -0.321. The topological polar surface area (TPSA) is 81.7 Å². The van der Waals surface area contributed by atoms with Gasteiger partial charge >= 0.3 is 0 Å². The van der Waals surface area contributed by atoms with E-state index >= 15 is 0 Å². The summed E-state index contributed by atoms with van der Waals surface area (Å²) >= 11 is 0. The van der Waals surface area contributed by atoms with Gasteiger partial charge < -0.3 is 24.8 Å². The summed E-state index contributed by atoms with van der Waals surface area (Å²) < 4.78 is 15.8. The number of aromatic nitrogens is 1. The van der Waals surface area contributed by atoms with Crippen LogP contribution in [0.25, 0.3) is 0 Å².